The van der Waals surface area contributed by atoms with Crippen molar-refractivity contribution in [3.8, 4) is 0 Å². The summed E-state index contributed by atoms with van der Waals surface area (Å²) in [5.41, 5.74) is 0. The van der Waals surface area contributed by atoms with Crippen molar-refractivity contribution in [2.75, 3.05) is 33.2 Å². The second-order valence-corrected chi connectivity index (χ2v) is 5.21. The van der Waals surface area contributed by atoms with Crippen molar-refractivity contribution in [1.29, 1.82) is 0 Å². The normalized spacial score (nSPS) is 25.4. The molecule has 2 rings (SSSR count). The fraction of sp³-hybridized carbons (Fsp3) is 0.923. The molecule has 2 saturated heterocycles. The molecule has 98 valence electrons. The summed E-state index contributed by atoms with van der Waals surface area (Å²) in [6, 6.07) is 0.757. The number of urea groups is 1. The smallest absolute Gasteiger partial charge is 0.320 e. The third kappa shape index (κ3) is 3.12. The molecule has 0 radical (unpaired) electrons. The van der Waals surface area contributed by atoms with Crippen LogP contribution in [0, 0.1) is 0 Å². The van der Waals surface area contributed by atoms with Crippen molar-refractivity contribution in [1.82, 2.24) is 15.1 Å². The van der Waals surface area contributed by atoms with Crippen LogP contribution < -0.4 is 5.32 Å². The Kier molecular flexibility index (Phi) is 4.66. The Morgan fingerprint density at radius 2 is 1.88 bits per heavy atom. The van der Waals surface area contributed by atoms with E-state index < -0.39 is 0 Å². The molecule has 2 heterocycles. The van der Waals surface area contributed by atoms with E-state index in [4.69, 9.17) is 0 Å². The monoisotopic (exact) mass is 239 g/mol. The first-order valence-corrected chi connectivity index (χ1v) is 7.03. The number of carbonyl (C=O) groups excluding carboxylic acids is 1. The van der Waals surface area contributed by atoms with Gasteiger partial charge in [0, 0.05) is 25.7 Å². The van der Waals surface area contributed by atoms with Crippen LogP contribution in [0.25, 0.3) is 0 Å². The van der Waals surface area contributed by atoms with E-state index in [2.05, 4.69) is 10.2 Å². The minimum absolute atomic E-state index is 0.295. The molecule has 4 nitrogen and oxygen atoms in total. The Labute approximate surface area is 104 Å². The van der Waals surface area contributed by atoms with Gasteiger partial charge in [0.2, 0.25) is 0 Å². The predicted octanol–water partition coefficient (Wildman–Crippen LogP) is 1.67. The molecule has 2 fully saturated rings. The number of hydrogen-bond acceptors (Lipinski definition) is 2. The summed E-state index contributed by atoms with van der Waals surface area (Å²) in [4.78, 5) is 16.6. The highest BCUT2D eigenvalue weighted by molar-refractivity contribution is 5.75. The van der Waals surface area contributed by atoms with Crippen LogP contribution >= 0.6 is 0 Å². The molecule has 0 aromatic rings. The SMILES string of the molecule is CNCCC1CCCCN1C(=O)N1CCCC1. The number of amides is 2. The zero-order chi connectivity index (χ0) is 12.1. The first-order valence-electron chi connectivity index (χ1n) is 7.03. The molecule has 1 unspecified atom stereocenters. The lowest BCUT2D eigenvalue weighted by Crippen LogP contribution is -2.50. The highest BCUT2D eigenvalue weighted by atomic mass is 16.2. The van der Waals surface area contributed by atoms with E-state index in [0.29, 0.717) is 12.1 Å². The standard InChI is InChI=1S/C13H25N3O/c1-14-8-7-12-6-2-3-11-16(12)13(17)15-9-4-5-10-15/h12,14H,2-11H2,1H3. The molecule has 2 aliphatic rings. The van der Waals surface area contributed by atoms with Gasteiger partial charge in [-0.25, -0.2) is 4.79 Å². The van der Waals surface area contributed by atoms with E-state index in [-0.39, 0.29) is 0 Å². The molecule has 17 heavy (non-hydrogen) atoms. The van der Waals surface area contributed by atoms with Gasteiger partial charge >= 0.3 is 6.03 Å². The lowest BCUT2D eigenvalue weighted by Gasteiger charge is -2.38. The van der Waals surface area contributed by atoms with E-state index >= 15 is 0 Å². The molecule has 0 bridgehead atoms. The van der Waals surface area contributed by atoms with Crippen LogP contribution in [-0.2, 0) is 0 Å². The maximum absolute atomic E-state index is 12.4. The van der Waals surface area contributed by atoms with Gasteiger partial charge in [-0.1, -0.05) is 0 Å². The molecule has 2 aliphatic heterocycles. The number of nitrogens with zero attached hydrogens (tertiary/aromatic N) is 2. The maximum atomic E-state index is 12.4. The van der Waals surface area contributed by atoms with E-state index in [1.54, 1.807) is 0 Å². The lowest BCUT2D eigenvalue weighted by atomic mass is 10.00. The Morgan fingerprint density at radius 3 is 2.59 bits per heavy atom. The summed E-state index contributed by atoms with van der Waals surface area (Å²) in [6.07, 6.45) is 7.09. The van der Waals surface area contributed by atoms with Crippen molar-refractivity contribution >= 4 is 6.03 Å². The number of hydrogen-bond donors (Lipinski definition) is 1. The van der Waals surface area contributed by atoms with Gasteiger partial charge in [0.15, 0.2) is 0 Å². The molecule has 0 aliphatic carbocycles. The maximum Gasteiger partial charge on any atom is 0.320 e. The van der Waals surface area contributed by atoms with Crippen LogP contribution in [0.2, 0.25) is 0 Å². The Balaban J connectivity index is 1.92. The van der Waals surface area contributed by atoms with Gasteiger partial charge in [-0.3, -0.25) is 0 Å². The number of rotatable bonds is 3. The quantitative estimate of drug-likeness (QED) is 0.813. The summed E-state index contributed by atoms with van der Waals surface area (Å²) in [7, 11) is 1.98. The first kappa shape index (κ1) is 12.7. The second-order valence-electron chi connectivity index (χ2n) is 5.21. The van der Waals surface area contributed by atoms with Crippen LogP contribution in [0.5, 0.6) is 0 Å². The zero-order valence-electron chi connectivity index (χ0n) is 11.0. The van der Waals surface area contributed by atoms with Crippen molar-refractivity contribution < 1.29 is 4.79 Å². The van der Waals surface area contributed by atoms with Crippen LogP contribution in [0.1, 0.15) is 38.5 Å². The summed E-state index contributed by atoms with van der Waals surface area (Å²) in [5, 5.41) is 3.19. The highest BCUT2D eigenvalue weighted by Crippen LogP contribution is 2.22. The Morgan fingerprint density at radius 1 is 1.18 bits per heavy atom. The van der Waals surface area contributed by atoms with Gasteiger partial charge in [0.05, 0.1) is 0 Å². The van der Waals surface area contributed by atoms with Crippen LogP contribution in [0.4, 0.5) is 4.79 Å². The van der Waals surface area contributed by atoms with Crippen molar-refractivity contribution in [2.24, 2.45) is 0 Å². The first-order chi connectivity index (χ1) is 8.33. The molecular formula is C13H25N3O. The molecule has 0 aromatic heterocycles. The fourth-order valence-corrected chi connectivity index (χ4v) is 2.95. The fourth-order valence-electron chi connectivity index (χ4n) is 2.95. The van der Waals surface area contributed by atoms with Gasteiger partial charge in [0.25, 0.3) is 0 Å². The minimum atomic E-state index is 0.295. The van der Waals surface area contributed by atoms with Crippen molar-refractivity contribution in [3.05, 3.63) is 0 Å². The molecule has 0 saturated carbocycles. The number of likely N-dealkylation sites (tertiary alicyclic amines) is 2. The number of nitrogens with one attached hydrogen (secondary N) is 1. The Bertz CT molecular complexity index is 251. The van der Waals surface area contributed by atoms with E-state index in [1.165, 1.54) is 32.1 Å². The number of carbonyl (C=O) groups is 1. The van der Waals surface area contributed by atoms with Gasteiger partial charge in [-0.15, -0.1) is 0 Å². The van der Waals surface area contributed by atoms with Gasteiger partial charge in [-0.05, 0) is 52.1 Å². The van der Waals surface area contributed by atoms with E-state index in [1.807, 2.05) is 11.9 Å². The highest BCUT2D eigenvalue weighted by Gasteiger charge is 2.30. The molecule has 2 amide bonds. The second kappa shape index (κ2) is 6.24. The molecule has 0 aromatic carbocycles. The summed E-state index contributed by atoms with van der Waals surface area (Å²) < 4.78 is 0. The van der Waals surface area contributed by atoms with Gasteiger partial charge in [-0.2, -0.15) is 0 Å². The third-order valence-corrected chi connectivity index (χ3v) is 3.98. The molecule has 1 atom stereocenters. The largest absolute Gasteiger partial charge is 0.325 e. The number of piperidine rings is 1. The van der Waals surface area contributed by atoms with Crippen LogP contribution in [-0.4, -0.2) is 55.1 Å². The topological polar surface area (TPSA) is 35.6 Å². The van der Waals surface area contributed by atoms with Crippen molar-refractivity contribution in [3.63, 3.8) is 0 Å². The zero-order valence-corrected chi connectivity index (χ0v) is 11.0. The molecule has 0 spiro atoms. The minimum Gasteiger partial charge on any atom is -0.325 e. The van der Waals surface area contributed by atoms with Gasteiger partial charge < -0.3 is 15.1 Å². The molecular weight excluding hydrogens is 214 g/mol. The third-order valence-electron chi connectivity index (χ3n) is 3.98. The van der Waals surface area contributed by atoms with Crippen LogP contribution in [0.3, 0.4) is 0 Å². The molecule has 1 N–H and O–H groups in total. The van der Waals surface area contributed by atoms with Crippen molar-refractivity contribution in [2.45, 2.75) is 44.6 Å². The van der Waals surface area contributed by atoms with E-state index in [0.717, 1.165) is 32.6 Å². The molecule has 4 heteroatoms. The summed E-state index contributed by atoms with van der Waals surface area (Å²) in [5.74, 6) is 0. The Hall–Kier alpha value is -0.770. The van der Waals surface area contributed by atoms with E-state index in [9.17, 15) is 4.79 Å². The average molecular weight is 239 g/mol. The predicted molar refractivity (Wildman–Crippen MR) is 69.1 cm³/mol. The lowest BCUT2D eigenvalue weighted by molar-refractivity contribution is 0.119. The summed E-state index contributed by atoms with van der Waals surface area (Å²) in [6.45, 7) is 3.90. The average Bonchev–Trinajstić information content (AvgIpc) is 2.89. The van der Waals surface area contributed by atoms with Gasteiger partial charge in [0.1, 0.15) is 0 Å². The summed E-state index contributed by atoms with van der Waals surface area (Å²) >= 11 is 0. The van der Waals surface area contributed by atoms with Crippen LogP contribution in [0.15, 0.2) is 0 Å².